The average molecular weight is 216 g/mol. The third-order valence-electron chi connectivity index (χ3n) is 2.03. The summed E-state index contributed by atoms with van der Waals surface area (Å²) < 4.78 is 0. The molecule has 0 fully saturated rings. The van der Waals surface area contributed by atoms with Gasteiger partial charge in [-0.15, -0.1) is 0 Å². The van der Waals surface area contributed by atoms with Crippen LogP contribution in [0.3, 0.4) is 0 Å². The fraction of sp³-hybridized carbons (Fsp3) is 0.250. The maximum atomic E-state index is 11.4. The van der Waals surface area contributed by atoms with Gasteiger partial charge in [-0.3, -0.25) is 4.79 Å². The van der Waals surface area contributed by atoms with E-state index in [1.54, 1.807) is 24.3 Å². The molecular formula is C12H12N2O2. The van der Waals surface area contributed by atoms with Crippen LogP contribution in [0.15, 0.2) is 24.3 Å². The minimum Gasteiger partial charge on any atom is -0.325 e. The van der Waals surface area contributed by atoms with Gasteiger partial charge in [0.05, 0.1) is 11.3 Å². The van der Waals surface area contributed by atoms with E-state index in [0.717, 1.165) is 0 Å². The molecule has 1 N–H and O–H groups in total. The smallest absolute Gasteiger partial charge is 0.224 e. The maximum absolute atomic E-state index is 11.4. The molecule has 4 nitrogen and oxygen atoms in total. The van der Waals surface area contributed by atoms with Crippen molar-refractivity contribution in [1.29, 1.82) is 5.26 Å². The van der Waals surface area contributed by atoms with E-state index in [0.29, 0.717) is 11.3 Å². The molecule has 0 saturated heterocycles. The maximum Gasteiger partial charge on any atom is 0.224 e. The van der Waals surface area contributed by atoms with Crippen molar-refractivity contribution in [3.8, 4) is 6.07 Å². The van der Waals surface area contributed by atoms with Crippen LogP contribution in [0.1, 0.15) is 25.3 Å². The van der Waals surface area contributed by atoms with Crippen LogP contribution in [0, 0.1) is 11.3 Å². The Kier molecular flexibility index (Phi) is 4.22. The Morgan fingerprint density at radius 1 is 1.31 bits per heavy atom. The molecule has 1 amide bonds. The highest BCUT2D eigenvalue weighted by Gasteiger charge is 2.06. The Hall–Kier alpha value is -2.15. The molecule has 0 atom stereocenters. The number of anilines is 1. The van der Waals surface area contributed by atoms with Crippen molar-refractivity contribution in [2.75, 3.05) is 5.32 Å². The number of Topliss-reactive ketones (excluding diaryl/α,β-unsaturated/α-hetero) is 1. The predicted octanol–water partition coefficient (Wildman–Crippen LogP) is 1.87. The molecule has 0 unspecified atom stereocenters. The highest BCUT2D eigenvalue weighted by atomic mass is 16.2. The van der Waals surface area contributed by atoms with Crippen molar-refractivity contribution in [2.24, 2.45) is 0 Å². The molecule has 0 saturated carbocycles. The van der Waals surface area contributed by atoms with E-state index in [1.807, 2.05) is 6.07 Å². The quantitative estimate of drug-likeness (QED) is 0.835. The minimum atomic E-state index is -0.252. The zero-order valence-corrected chi connectivity index (χ0v) is 8.99. The molecule has 0 aromatic heterocycles. The first-order valence-corrected chi connectivity index (χ1v) is 4.92. The van der Waals surface area contributed by atoms with Gasteiger partial charge in [-0.05, 0) is 19.1 Å². The lowest BCUT2D eigenvalue weighted by Crippen LogP contribution is -2.13. The van der Waals surface area contributed by atoms with E-state index in [1.165, 1.54) is 6.92 Å². The van der Waals surface area contributed by atoms with Gasteiger partial charge in [-0.25, -0.2) is 0 Å². The molecule has 16 heavy (non-hydrogen) atoms. The lowest BCUT2D eigenvalue weighted by atomic mass is 10.2. The SMILES string of the molecule is CC(=O)CCC(=O)Nc1ccccc1C#N. The summed E-state index contributed by atoms with van der Waals surface area (Å²) in [5.41, 5.74) is 0.900. The normalized spacial score (nSPS) is 9.25. The molecule has 0 aliphatic heterocycles. The number of nitriles is 1. The summed E-state index contributed by atoms with van der Waals surface area (Å²) in [4.78, 5) is 22.1. The summed E-state index contributed by atoms with van der Waals surface area (Å²) in [5, 5.41) is 11.4. The predicted molar refractivity (Wildman–Crippen MR) is 59.7 cm³/mol. The van der Waals surface area contributed by atoms with Crippen molar-refractivity contribution in [3.63, 3.8) is 0 Å². The number of amides is 1. The lowest BCUT2D eigenvalue weighted by molar-refractivity contribution is -0.121. The van der Waals surface area contributed by atoms with Crippen LogP contribution in [-0.4, -0.2) is 11.7 Å². The van der Waals surface area contributed by atoms with E-state index in [-0.39, 0.29) is 24.5 Å². The number of benzene rings is 1. The third kappa shape index (κ3) is 3.54. The molecule has 1 aromatic rings. The van der Waals surface area contributed by atoms with Crippen LogP contribution in [0.2, 0.25) is 0 Å². The van der Waals surface area contributed by atoms with Gasteiger partial charge < -0.3 is 10.1 Å². The van der Waals surface area contributed by atoms with Crippen molar-refractivity contribution in [2.45, 2.75) is 19.8 Å². The van der Waals surface area contributed by atoms with Gasteiger partial charge in [0, 0.05) is 12.8 Å². The van der Waals surface area contributed by atoms with Gasteiger partial charge >= 0.3 is 0 Å². The van der Waals surface area contributed by atoms with Gasteiger partial charge in [-0.2, -0.15) is 5.26 Å². The van der Waals surface area contributed by atoms with E-state index in [4.69, 9.17) is 5.26 Å². The molecule has 0 aliphatic carbocycles. The number of hydrogen-bond donors (Lipinski definition) is 1. The molecule has 82 valence electrons. The number of carbonyl (C=O) groups excluding carboxylic acids is 2. The largest absolute Gasteiger partial charge is 0.325 e. The zero-order valence-electron chi connectivity index (χ0n) is 8.99. The van der Waals surface area contributed by atoms with Crippen molar-refractivity contribution < 1.29 is 9.59 Å². The molecule has 1 aromatic carbocycles. The second-order valence-corrected chi connectivity index (χ2v) is 3.41. The Balaban J connectivity index is 2.63. The number of ketones is 1. The van der Waals surface area contributed by atoms with Crippen LogP contribution in [0.5, 0.6) is 0 Å². The highest BCUT2D eigenvalue weighted by molar-refractivity contribution is 5.94. The average Bonchev–Trinajstić information content (AvgIpc) is 2.27. The van der Waals surface area contributed by atoms with Crippen molar-refractivity contribution in [3.05, 3.63) is 29.8 Å². The van der Waals surface area contributed by atoms with Crippen LogP contribution in [0.4, 0.5) is 5.69 Å². The van der Waals surface area contributed by atoms with Gasteiger partial charge in [0.2, 0.25) is 5.91 Å². The highest BCUT2D eigenvalue weighted by Crippen LogP contribution is 2.13. The molecule has 1 rings (SSSR count). The van der Waals surface area contributed by atoms with E-state index < -0.39 is 0 Å². The zero-order chi connectivity index (χ0) is 12.0. The first-order chi connectivity index (χ1) is 7.63. The topological polar surface area (TPSA) is 70.0 Å². The fourth-order valence-corrected chi connectivity index (χ4v) is 1.19. The minimum absolute atomic E-state index is 0.0243. The summed E-state index contributed by atoms with van der Waals surface area (Å²) >= 11 is 0. The number of nitrogens with zero attached hydrogens (tertiary/aromatic N) is 1. The fourth-order valence-electron chi connectivity index (χ4n) is 1.19. The summed E-state index contributed by atoms with van der Waals surface area (Å²) in [7, 11) is 0. The number of hydrogen-bond acceptors (Lipinski definition) is 3. The Bertz CT molecular complexity index is 447. The van der Waals surface area contributed by atoms with Crippen molar-refractivity contribution >= 4 is 17.4 Å². The number of rotatable bonds is 4. The van der Waals surface area contributed by atoms with Gasteiger partial charge in [-0.1, -0.05) is 12.1 Å². The molecule has 0 aliphatic rings. The molecular weight excluding hydrogens is 204 g/mol. The molecule has 4 heteroatoms. The first-order valence-electron chi connectivity index (χ1n) is 4.92. The van der Waals surface area contributed by atoms with Crippen LogP contribution < -0.4 is 5.32 Å². The molecule has 0 heterocycles. The Morgan fingerprint density at radius 2 is 2.00 bits per heavy atom. The van der Waals surface area contributed by atoms with Crippen LogP contribution in [0.25, 0.3) is 0 Å². The van der Waals surface area contributed by atoms with Gasteiger partial charge in [0.15, 0.2) is 0 Å². The number of carbonyl (C=O) groups is 2. The second kappa shape index (κ2) is 5.66. The van der Waals surface area contributed by atoms with E-state index in [2.05, 4.69) is 5.32 Å². The summed E-state index contributed by atoms with van der Waals surface area (Å²) in [6, 6.07) is 8.73. The molecule has 0 bridgehead atoms. The standard InChI is InChI=1S/C12H12N2O2/c1-9(15)6-7-12(16)14-11-5-3-2-4-10(11)8-13/h2-5H,6-7H2,1H3,(H,14,16). The summed E-state index contributed by atoms with van der Waals surface area (Å²) in [6.07, 6.45) is 0.371. The number of nitrogens with one attached hydrogen (secondary N) is 1. The number of para-hydroxylation sites is 1. The summed E-state index contributed by atoms with van der Waals surface area (Å²) in [6.45, 7) is 1.44. The van der Waals surface area contributed by atoms with E-state index >= 15 is 0 Å². The van der Waals surface area contributed by atoms with Crippen molar-refractivity contribution in [1.82, 2.24) is 0 Å². The third-order valence-corrected chi connectivity index (χ3v) is 2.03. The monoisotopic (exact) mass is 216 g/mol. The first kappa shape index (κ1) is 11.9. The van der Waals surface area contributed by atoms with Crippen LogP contribution in [-0.2, 0) is 9.59 Å². The molecule has 0 spiro atoms. The molecule has 0 radical (unpaired) electrons. The van der Waals surface area contributed by atoms with Gasteiger partial charge in [0.25, 0.3) is 0 Å². The van der Waals surface area contributed by atoms with E-state index in [9.17, 15) is 9.59 Å². The Labute approximate surface area is 93.9 Å². The van der Waals surface area contributed by atoms with Crippen LogP contribution >= 0.6 is 0 Å². The second-order valence-electron chi connectivity index (χ2n) is 3.41. The van der Waals surface area contributed by atoms with Gasteiger partial charge in [0.1, 0.15) is 11.9 Å². The Morgan fingerprint density at radius 3 is 2.62 bits per heavy atom. The lowest BCUT2D eigenvalue weighted by Gasteiger charge is -2.05. The summed E-state index contributed by atoms with van der Waals surface area (Å²) in [5.74, 6) is -0.276.